The van der Waals surface area contributed by atoms with Crippen LogP contribution in [-0.2, 0) is 9.53 Å². The van der Waals surface area contributed by atoms with Gasteiger partial charge in [-0.05, 0) is 31.8 Å². The number of amides is 1. The summed E-state index contributed by atoms with van der Waals surface area (Å²) in [6.45, 7) is 4.41. The van der Waals surface area contributed by atoms with E-state index >= 15 is 0 Å². The lowest BCUT2D eigenvalue weighted by Gasteiger charge is -2.20. The Hall–Kier alpha value is -0.980. The van der Waals surface area contributed by atoms with Crippen LogP contribution < -0.4 is 10.6 Å². The normalized spacial score (nSPS) is 18.2. The van der Waals surface area contributed by atoms with Crippen molar-refractivity contribution in [1.29, 1.82) is 0 Å². The lowest BCUT2D eigenvalue weighted by atomic mass is 9.97. The van der Waals surface area contributed by atoms with Gasteiger partial charge in [-0.1, -0.05) is 6.92 Å². The standard InChI is InChI=1S/C13H21N3O2S/c1-9(8-18-2)12(17)16-13-15-7-11(19-13)10-3-5-14-6-4-10/h7,9-10,14H,3-6,8H2,1-2H3,(H,15,16,17). The third kappa shape index (κ3) is 3.99. The first-order chi connectivity index (χ1) is 9.20. The number of rotatable bonds is 5. The zero-order valence-corrected chi connectivity index (χ0v) is 12.3. The van der Waals surface area contributed by atoms with Crippen LogP contribution in [0.15, 0.2) is 6.20 Å². The molecule has 2 rings (SSSR count). The number of nitrogens with zero attached hydrogens (tertiary/aromatic N) is 1. The van der Waals surface area contributed by atoms with Gasteiger partial charge in [0, 0.05) is 18.2 Å². The first kappa shape index (κ1) is 14.4. The first-order valence-electron chi connectivity index (χ1n) is 6.67. The number of hydrogen-bond acceptors (Lipinski definition) is 5. The quantitative estimate of drug-likeness (QED) is 0.865. The van der Waals surface area contributed by atoms with Crippen molar-refractivity contribution in [2.75, 3.05) is 32.1 Å². The van der Waals surface area contributed by atoms with Gasteiger partial charge in [0.15, 0.2) is 5.13 Å². The molecule has 0 bridgehead atoms. The van der Waals surface area contributed by atoms with Crippen LogP contribution in [0.1, 0.15) is 30.6 Å². The summed E-state index contributed by atoms with van der Waals surface area (Å²) in [4.78, 5) is 17.4. The van der Waals surface area contributed by atoms with Crippen LogP contribution in [0.5, 0.6) is 0 Å². The Balaban J connectivity index is 1.91. The zero-order chi connectivity index (χ0) is 13.7. The molecule has 6 heteroatoms. The van der Waals surface area contributed by atoms with Gasteiger partial charge < -0.3 is 15.4 Å². The van der Waals surface area contributed by atoms with Gasteiger partial charge in [-0.2, -0.15) is 0 Å². The predicted octanol–water partition coefficient (Wildman–Crippen LogP) is 1.83. The molecule has 1 fully saturated rings. The fraction of sp³-hybridized carbons (Fsp3) is 0.692. The van der Waals surface area contributed by atoms with Crippen molar-refractivity contribution in [3.8, 4) is 0 Å². The summed E-state index contributed by atoms with van der Waals surface area (Å²) in [7, 11) is 1.60. The largest absolute Gasteiger partial charge is 0.384 e. The molecule has 1 atom stereocenters. The second-order valence-corrected chi connectivity index (χ2v) is 6.00. The number of carbonyl (C=O) groups is 1. The fourth-order valence-electron chi connectivity index (χ4n) is 2.19. The van der Waals surface area contributed by atoms with Crippen LogP contribution in [0.25, 0.3) is 0 Å². The van der Waals surface area contributed by atoms with Gasteiger partial charge in [0.2, 0.25) is 5.91 Å². The predicted molar refractivity (Wildman–Crippen MR) is 76.6 cm³/mol. The second kappa shape index (κ2) is 6.98. The van der Waals surface area contributed by atoms with Gasteiger partial charge in [0.05, 0.1) is 12.5 Å². The molecule has 0 radical (unpaired) electrons. The van der Waals surface area contributed by atoms with E-state index in [4.69, 9.17) is 4.74 Å². The van der Waals surface area contributed by atoms with Crippen LogP contribution in [-0.4, -0.2) is 37.7 Å². The molecule has 1 aliphatic heterocycles. The number of methoxy groups -OCH3 is 1. The van der Waals surface area contributed by atoms with Gasteiger partial charge in [0.25, 0.3) is 0 Å². The number of aromatic nitrogens is 1. The molecule has 0 aromatic carbocycles. The highest BCUT2D eigenvalue weighted by atomic mass is 32.1. The van der Waals surface area contributed by atoms with E-state index in [-0.39, 0.29) is 11.8 Å². The van der Waals surface area contributed by atoms with Gasteiger partial charge in [-0.3, -0.25) is 4.79 Å². The number of piperidine rings is 1. The van der Waals surface area contributed by atoms with E-state index in [1.165, 1.54) is 4.88 Å². The monoisotopic (exact) mass is 283 g/mol. The van der Waals surface area contributed by atoms with Crippen LogP contribution in [0.2, 0.25) is 0 Å². The molecule has 1 aromatic heterocycles. The minimum Gasteiger partial charge on any atom is -0.384 e. The number of hydrogen-bond donors (Lipinski definition) is 2. The molecule has 0 spiro atoms. The second-order valence-electron chi connectivity index (χ2n) is 4.94. The van der Waals surface area contributed by atoms with Crippen LogP contribution in [0, 0.1) is 5.92 Å². The van der Waals surface area contributed by atoms with Gasteiger partial charge in [-0.25, -0.2) is 4.98 Å². The summed E-state index contributed by atoms with van der Waals surface area (Å²) < 4.78 is 4.98. The molecular weight excluding hydrogens is 262 g/mol. The number of carbonyl (C=O) groups excluding carboxylic acids is 1. The summed E-state index contributed by atoms with van der Waals surface area (Å²) in [5.74, 6) is 0.394. The molecule has 1 unspecified atom stereocenters. The molecule has 106 valence electrons. The Morgan fingerprint density at radius 1 is 1.63 bits per heavy atom. The SMILES string of the molecule is COCC(C)C(=O)Nc1ncc(C2CCNCC2)s1. The lowest BCUT2D eigenvalue weighted by molar-refractivity contribution is -0.120. The van der Waals surface area contributed by atoms with Gasteiger partial charge in [-0.15, -0.1) is 11.3 Å². The maximum atomic E-state index is 11.9. The number of ether oxygens (including phenoxy) is 1. The van der Waals surface area contributed by atoms with E-state index in [2.05, 4.69) is 15.6 Å². The molecule has 19 heavy (non-hydrogen) atoms. The third-order valence-corrected chi connectivity index (χ3v) is 4.43. The summed E-state index contributed by atoms with van der Waals surface area (Å²) in [5.41, 5.74) is 0. The Bertz CT molecular complexity index is 416. The van der Waals surface area contributed by atoms with Crippen LogP contribution in [0.3, 0.4) is 0 Å². The minimum absolute atomic E-state index is 0.0342. The highest BCUT2D eigenvalue weighted by Gasteiger charge is 2.19. The summed E-state index contributed by atoms with van der Waals surface area (Å²) >= 11 is 1.59. The van der Waals surface area contributed by atoms with E-state index < -0.39 is 0 Å². The summed E-state index contributed by atoms with van der Waals surface area (Å²) in [6, 6.07) is 0. The van der Waals surface area contributed by atoms with Gasteiger partial charge >= 0.3 is 0 Å². The zero-order valence-electron chi connectivity index (χ0n) is 11.4. The molecule has 0 saturated carbocycles. The molecule has 1 aliphatic rings. The number of thiazole rings is 1. The summed E-state index contributed by atoms with van der Waals surface area (Å²) in [6.07, 6.45) is 4.20. The van der Waals surface area contributed by atoms with E-state index in [9.17, 15) is 4.79 Å². The fourth-order valence-corrected chi connectivity index (χ4v) is 3.18. The Kier molecular flexibility index (Phi) is 5.30. The number of nitrogens with one attached hydrogen (secondary N) is 2. The van der Waals surface area contributed by atoms with Crippen molar-refractivity contribution in [1.82, 2.24) is 10.3 Å². The van der Waals surface area contributed by atoms with E-state index in [0.29, 0.717) is 17.7 Å². The highest BCUT2D eigenvalue weighted by molar-refractivity contribution is 7.15. The van der Waals surface area contributed by atoms with Crippen molar-refractivity contribution in [3.63, 3.8) is 0 Å². The molecule has 1 saturated heterocycles. The Morgan fingerprint density at radius 2 is 2.37 bits per heavy atom. The molecule has 2 N–H and O–H groups in total. The number of anilines is 1. The topological polar surface area (TPSA) is 63.2 Å². The van der Waals surface area contributed by atoms with Crippen LogP contribution in [0.4, 0.5) is 5.13 Å². The smallest absolute Gasteiger partial charge is 0.231 e. The Morgan fingerprint density at radius 3 is 3.05 bits per heavy atom. The van der Waals surface area contributed by atoms with Crippen molar-refractivity contribution in [2.45, 2.75) is 25.7 Å². The molecule has 1 aromatic rings. The first-order valence-corrected chi connectivity index (χ1v) is 7.48. The van der Waals surface area contributed by atoms with Crippen molar-refractivity contribution < 1.29 is 9.53 Å². The average molecular weight is 283 g/mol. The lowest BCUT2D eigenvalue weighted by Crippen LogP contribution is -2.26. The summed E-state index contributed by atoms with van der Waals surface area (Å²) in [5, 5.41) is 6.91. The van der Waals surface area contributed by atoms with Crippen molar-refractivity contribution in [3.05, 3.63) is 11.1 Å². The van der Waals surface area contributed by atoms with Gasteiger partial charge in [0.1, 0.15) is 0 Å². The molecule has 2 heterocycles. The molecule has 5 nitrogen and oxygen atoms in total. The average Bonchev–Trinajstić information content (AvgIpc) is 2.88. The van der Waals surface area contributed by atoms with Crippen molar-refractivity contribution >= 4 is 22.4 Å². The van der Waals surface area contributed by atoms with E-state index in [1.807, 2.05) is 13.1 Å². The van der Waals surface area contributed by atoms with Crippen molar-refractivity contribution in [2.24, 2.45) is 5.92 Å². The van der Waals surface area contributed by atoms with E-state index in [1.54, 1.807) is 18.4 Å². The maximum Gasteiger partial charge on any atom is 0.231 e. The molecular formula is C13H21N3O2S. The minimum atomic E-state index is -0.156. The maximum absolute atomic E-state index is 11.9. The van der Waals surface area contributed by atoms with Crippen LogP contribution >= 0.6 is 11.3 Å². The van der Waals surface area contributed by atoms with E-state index in [0.717, 1.165) is 25.9 Å². The third-order valence-electron chi connectivity index (χ3n) is 3.36. The molecule has 1 amide bonds. The highest BCUT2D eigenvalue weighted by Crippen LogP contribution is 2.31. The Labute approximate surface area is 117 Å². The molecule has 0 aliphatic carbocycles.